The molecule has 2 atom stereocenters. The highest BCUT2D eigenvalue weighted by molar-refractivity contribution is 7.89. The van der Waals surface area contributed by atoms with E-state index in [1.165, 1.54) is 28.4 Å². The van der Waals surface area contributed by atoms with Crippen LogP contribution in [0.4, 0.5) is 4.79 Å². The van der Waals surface area contributed by atoms with Crippen LogP contribution in [0, 0.1) is 0 Å². The molecule has 43 heavy (non-hydrogen) atoms. The first-order valence-corrected chi connectivity index (χ1v) is 16.4. The molecule has 0 saturated carbocycles. The molecule has 0 aromatic heterocycles. The monoisotopic (exact) mass is 663 g/mol. The maximum absolute atomic E-state index is 13.9. The standard InChI is InChI=1S/C31H32Cl3N3O5S/c1-5-42-25-19-26(41-4)27(43(39,40)36-16-6-7-17-36)18-24(25)28-35-30(2,20-8-12-22(32)13-9-20)31(3,37(28)29(34)38)21-10-14-23(33)15-11-21/h8-15,18-19H,5-7,16-17H2,1-4H3/t30-,31-/m0/s1. The van der Waals surface area contributed by atoms with Gasteiger partial charge >= 0.3 is 5.37 Å². The topological polar surface area (TPSA) is 88.5 Å². The lowest BCUT2D eigenvalue weighted by atomic mass is 9.71. The van der Waals surface area contributed by atoms with Gasteiger partial charge < -0.3 is 9.47 Å². The van der Waals surface area contributed by atoms with E-state index < -0.39 is 26.5 Å². The van der Waals surface area contributed by atoms with E-state index in [4.69, 9.17) is 49.3 Å². The SMILES string of the molecule is CCOc1cc(OC)c(S(=O)(=O)N2CCCC2)cc1C1=N[C@@](C)(c2ccc(Cl)cc2)[C@](C)(c2ccc(Cl)cc2)N1C(=O)Cl. The lowest BCUT2D eigenvalue weighted by Gasteiger charge is -2.44. The number of methoxy groups -OCH3 is 1. The Morgan fingerprint density at radius 1 is 0.930 bits per heavy atom. The number of carbonyl (C=O) groups is 1. The van der Waals surface area contributed by atoms with Crippen molar-refractivity contribution in [2.75, 3.05) is 26.8 Å². The van der Waals surface area contributed by atoms with Gasteiger partial charge in [-0.2, -0.15) is 4.31 Å². The van der Waals surface area contributed by atoms with Crippen LogP contribution in [-0.2, 0) is 21.1 Å². The minimum absolute atomic E-state index is 0.0479. The molecule has 228 valence electrons. The lowest BCUT2D eigenvalue weighted by Crippen LogP contribution is -2.53. The number of hydrogen-bond donors (Lipinski definition) is 0. The van der Waals surface area contributed by atoms with Crippen LogP contribution in [-0.4, -0.2) is 55.6 Å². The Labute approximate surface area is 267 Å². The third-order valence-electron chi connectivity index (χ3n) is 8.41. The summed E-state index contributed by atoms with van der Waals surface area (Å²) < 4.78 is 40.7. The van der Waals surface area contributed by atoms with E-state index in [0.29, 0.717) is 34.4 Å². The molecule has 8 nitrogen and oxygen atoms in total. The summed E-state index contributed by atoms with van der Waals surface area (Å²) in [7, 11) is -2.53. The van der Waals surface area contributed by atoms with E-state index in [1.54, 1.807) is 24.3 Å². The van der Waals surface area contributed by atoms with E-state index in [-0.39, 0.29) is 28.7 Å². The minimum atomic E-state index is -3.94. The molecule has 2 heterocycles. The normalized spacial score (nSPS) is 22.5. The van der Waals surface area contributed by atoms with Crippen LogP contribution < -0.4 is 9.47 Å². The predicted molar refractivity (Wildman–Crippen MR) is 169 cm³/mol. The number of ether oxygens (including phenoxy) is 2. The fourth-order valence-electron chi connectivity index (χ4n) is 5.96. The van der Waals surface area contributed by atoms with Gasteiger partial charge in [0.15, 0.2) is 0 Å². The summed E-state index contributed by atoms with van der Waals surface area (Å²) in [4.78, 5) is 20.1. The summed E-state index contributed by atoms with van der Waals surface area (Å²) in [5, 5.41) is 0.253. The van der Waals surface area contributed by atoms with Gasteiger partial charge in [-0.05, 0) is 86.7 Å². The molecule has 5 rings (SSSR count). The van der Waals surface area contributed by atoms with E-state index in [1.807, 2.05) is 45.0 Å². The van der Waals surface area contributed by atoms with Gasteiger partial charge in [0.2, 0.25) is 10.0 Å². The van der Waals surface area contributed by atoms with Crippen LogP contribution in [0.3, 0.4) is 0 Å². The Morgan fingerprint density at radius 2 is 1.49 bits per heavy atom. The highest BCUT2D eigenvalue weighted by Gasteiger charge is 2.59. The van der Waals surface area contributed by atoms with Crippen molar-refractivity contribution in [3.05, 3.63) is 87.4 Å². The molecular formula is C31H32Cl3N3O5S. The van der Waals surface area contributed by atoms with Gasteiger partial charge in [-0.3, -0.25) is 14.7 Å². The molecule has 2 aliphatic heterocycles. The molecule has 0 unspecified atom stereocenters. The number of hydrogen-bond acceptors (Lipinski definition) is 6. The molecule has 3 aromatic carbocycles. The summed E-state index contributed by atoms with van der Waals surface area (Å²) >= 11 is 18.9. The molecule has 3 aromatic rings. The first-order chi connectivity index (χ1) is 20.4. The number of amidine groups is 1. The highest BCUT2D eigenvalue weighted by Crippen LogP contribution is 2.54. The number of halogens is 3. The van der Waals surface area contributed by atoms with Crippen molar-refractivity contribution in [2.24, 2.45) is 4.99 Å². The molecular weight excluding hydrogens is 633 g/mol. The zero-order valence-electron chi connectivity index (χ0n) is 24.2. The zero-order chi connectivity index (χ0) is 31.2. The number of aliphatic imine (C=N–C) groups is 1. The van der Waals surface area contributed by atoms with Gasteiger partial charge in [0.1, 0.15) is 33.3 Å². The van der Waals surface area contributed by atoms with Crippen molar-refractivity contribution >= 4 is 56.0 Å². The Kier molecular flexibility index (Phi) is 8.77. The van der Waals surface area contributed by atoms with Gasteiger partial charge in [-0.15, -0.1) is 0 Å². The van der Waals surface area contributed by atoms with Crippen molar-refractivity contribution in [1.29, 1.82) is 0 Å². The Morgan fingerprint density at radius 3 is 2.00 bits per heavy atom. The molecule has 0 bridgehead atoms. The van der Waals surface area contributed by atoms with E-state index >= 15 is 0 Å². The largest absolute Gasteiger partial charge is 0.495 e. The van der Waals surface area contributed by atoms with Gasteiger partial charge in [0.25, 0.3) is 0 Å². The van der Waals surface area contributed by atoms with E-state index in [2.05, 4.69) is 0 Å². The predicted octanol–water partition coefficient (Wildman–Crippen LogP) is 7.44. The van der Waals surface area contributed by atoms with Gasteiger partial charge in [0, 0.05) is 29.2 Å². The van der Waals surface area contributed by atoms with Gasteiger partial charge in [-0.1, -0.05) is 47.5 Å². The Hall–Kier alpha value is -2.82. The van der Waals surface area contributed by atoms with Crippen LogP contribution in [0.1, 0.15) is 50.3 Å². The Balaban J connectivity index is 1.83. The van der Waals surface area contributed by atoms with Crippen LogP contribution >= 0.6 is 34.8 Å². The summed E-state index contributed by atoms with van der Waals surface area (Å²) in [5.74, 6) is 0.571. The Bertz CT molecular complexity index is 1680. The van der Waals surface area contributed by atoms with Crippen LogP contribution in [0.5, 0.6) is 11.5 Å². The second-order valence-corrected chi connectivity index (χ2v) is 13.8. The quantitative estimate of drug-likeness (QED) is 0.185. The summed E-state index contributed by atoms with van der Waals surface area (Å²) in [6.45, 7) is 6.65. The fourth-order valence-corrected chi connectivity index (χ4v) is 8.15. The number of rotatable bonds is 8. The first-order valence-electron chi connectivity index (χ1n) is 13.9. The highest BCUT2D eigenvalue weighted by atomic mass is 35.5. The molecule has 2 aliphatic rings. The zero-order valence-corrected chi connectivity index (χ0v) is 27.3. The van der Waals surface area contributed by atoms with Gasteiger partial charge in [0.05, 0.1) is 19.3 Å². The maximum Gasteiger partial charge on any atom is 0.322 e. The molecule has 0 N–H and O–H groups in total. The minimum Gasteiger partial charge on any atom is -0.495 e. The van der Waals surface area contributed by atoms with Crippen molar-refractivity contribution in [1.82, 2.24) is 9.21 Å². The van der Waals surface area contributed by atoms with Crippen molar-refractivity contribution in [3.63, 3.8) is 0 Å². The van der Waals surface area contributed by atoms with Crippen molar-refractivity contribution in [2.45, 2.75) is 49.6 Å². The summed E-state index contributed by atoms with van der Waals surface area (Å²) in [5.41, 5.74) is -0.575. The molecule has 1 fully saturated rings. The molecule has 0 spiro atoms. The molecule has 1 amide bonds. The fraction of sp³-hybridized carbons (Fsp3) is 0.355. The van der Waals surface area contributed by atoms with E-state index in [0.717, 1.165) is 18.4 Å². The average Bonchev–Trinajstić information content (AvgIpc) is 3.60. The molecule has 0 radical (unpaired) electrons. The summed E-state index contributed by atoms with van der Waals surface area (Å²) in [6, 6.07) is 17.3. The molecule has 12 heteroatoms. The number of carbonyl (C=O) groups excluding carboxylic acids is 1. The first kappa shape index (κ1) is 31.6. The van der Waals surface area contributed by atoms with Crippen LogP contribution in [0.2, 0.25) is 10.0 Å². The lowest BCUT2D eigenvalue weighted by molar-refractivity contribution is 0.149. The number of amides is 1. The van der Waals surface area contributed by atoms with Crippen molar-refractivity contribution in [3.8, 4) is 11.5 Å². The van der Waals surface area contributed by atoms with Crippen LogP contribution in [0.25, 0.3) is 0 Å². The third kappa shape index (κ3) is 5.29. The van der Waals surface area contributed by atoms with Crippen molar-refractivity contribution < 1.29 is 22.7 Å². The smallest absolute Gasteiger partial charge is 0.322 e. The number of nitrogens with zero attached hydrogens (tertiary/aromatic N) is 3. The third-order valence-corrected chi connectivity index (χ3v) is 11.0. The number of benzene rings is 3. The molecule has 1 saturated heterocycles. The number of sulfonamides is 1. The van der Waals surface area contributed by atoms with Gasteiger partial charge in [-0.25, -0.2) is 8.42 Å². The molecule has 0 aliphatic carbocycles. The maximum atomic E-state index is 13.9. The average molecular weight is 665 g/mol. The van der Waals surface area contributed by atoms with E-state index in [9.17, 15) is 13.2 Å². The van der Waals surface area contributed by atoms with Crippen LogP contribution in [0.15, 0.2) is 70.6 Å². The second-order valence-electron chi connectivity index (χ2n) is 10.7. The second kappa shape index (κ2) is 11.9. The summed E-state index contributed by atoms with van der Waals surface area (Å²) in [6.07, 6.45) is 1.54.